The van der Waals surface area contributed by atoms with E-state index in [1.54, 1.807) is 0 Å². The van der Waals surface area contributed by atoms with Crippen molar-refractivity contribution < 1.29 is 9.90 Å². The molecule has 0 atom stereocenters. The molecule has 0 amide bonds. The molecule has 0 bridgehead atoms. The minimum absolute atomic E-state index is 0.366. The number of carboxylic acids is 1. The molecule has 4 heteroatoms. The van der Waals surface area contributed by atoms with E-state index in [-0.39, 0.29) is 0 Å². The summed E-state index contributed by atoms with van der Waals surface area (Å²) in [4.78, 5) is 18.1. The molecule has 3 rings (SSSR count). The lowest BCUT2D eigenvalue weighted by atomic mass is 9.94. The molecular formula is C14H18N2O2. The first kappa shape index (κ1) is 11.5. The van der Waals surface area contributed by atoms with Gasteiger partial charge in [0.25, 0.3) is 0 Å². The number of hydrogen-bond donors (Lipinski definition) is 1. The van der Waals surface area contributed by atoms with Crippen LogP contribution in [0.1, 0.15) is 47.3 Å². The Balaban J connectivity index is 2.06. The van der Waals surface area contributed by atoms with Crippen LogP contribution in [0.2, 0.25) is 0 Å². The van der Waals surface area contributed by atoms with Crippen molar-refractivity contribution in [3.8, 4) is 0 Å². The summed E-state index contributed by atoms with van der Waals surface area (Å²) in [5.74, 6) is -0.205. The van der Waals surface area contributed by atoms with Crippen LogP contribution in [-0.4, -0.2) is 29.1 Å². The SMILES string of the molecule is CN(c1nc2c(cc1C(=O)O)CCCC2)C1CC1. The number of carboxylic acid groups (broad SMARTS) is 1. The van der Waals surface area contributed by atoms with Gasteiger partial charge < -0.3 is 10.0 Å². The van der Waals surface area contributed by atoms with E-state index in [2.05, 4.69) is 4.98 Å². The zero-order chi connectivity index (χ0) is 12.7. The summed E-state index contributed by atoms with van der Waals surface area (Å²) < 4.78 is 0. The third-order valence-electron chi connectivity index (χ3n) is 3.94. The molecule has 1 saturated carbocycles. The first-order valence-corrected chi connectivity index (χ1v) is 6.65. The number of anilines is 1. The molecule has 0 spiro atoms. The van der Waals surface area contributed by atoms with Gasteiger partial charge in [-0.25, -0.2) is 9.78 Å². The Hall–Kier alpha value is -1.58. The van der Waals surface area contributed by atoms with Crippen molar-refractivity contribution in [2.75, 3.05) is 11.9 Å². The summed E-state index contributed by atoms with van der Waals surface area (Å²) in [6, 6.07) is 2.33. The number of aromatic nitrogens is 1. The van der Waals surface area contributed by atoms with E-state index in [4.69, 9.17) is 0 Å². The molecule has 2 aliphatic carbocycles. The van der Waals surface area contributed by atoms with Gasteiger partial charge in [0.2, 0.25) is 0 Å². The largest absolute Gasteiger partial charge is 0.478 e. The van der Waals surface area contributed by atoms with Crippen LogP contribution in [-0.2, 0) is 12.8 Å². The number of nitrogens with zero attached hydrogens (tertiary/aromatic N) is 2. The van der Waals surface area contributed by atoms with Crippen LogP contribution in [0.4, 0.5) is 5.82 Å². The van der Waals surface area contributed by atoms with Gasteiger partial charge in [0.15, 0.2) is 0 Å². The van der Waals surface area contributed by atoms with Gasteiger partial charge in [0.1, 0.15) is 11.4 Å². The molecule has 1 fully saturated rings. The molecule has 1 aromatic rings. The normalized spacial score (nSPS) is 18.3. The number of aromatic carboxylic acids is 1. The van der Waals surface area contributed by atoms with Gasteiger partial charge in [-0.05, 0) is 50.2 Å². The first-order chi connectivity index (χ1) is 8.66. The molecule has 0 radical (unpaired) electrons. The van der Waals surface area contributed by atoms with E-state index < -0.39 is 5.97 Å². The number of fused-ring (bicyclic) bond motifs is 1. The zero-order valence-electron chi connectivity index (χ0n) is 10.6. The Bertz CT molecular complexity index is 495. The van der Waals surface area contributed by atoms with Crippen molar-refractivity contribution in [1.82, 2.24) is 4.98 Å². The highest BCUT2D eigenvalue weighted by atomic mass is 16.4. The number of rotatable bonds is 3. The number of hydrogen-bond acceptors (Lipinski definition) is 3. The Labute approximate surface area is 107 Å². The van der Waals surface area contributed by atoms with Crippen molar-refractivity contribution in [1.29, 1.82) is 0 Å². The molecule has 0 saturated heterocycles. The lowest BCUT2D eigenvalue weighted by Gasteiger charge is -2.23. The van der Waals surface area contributed by atoms with Crippen molar-refractivity contribution in [2.45, 2.75) is 44.6 Å². The van der Waals surface area contributed by atoms with Crippen molar-refractivity contribution in [3.05, 3.63) is 22.9 Å². The van der Waals surface area contributed by atoms with Gasteiger partial charge in [-0.15, -0.1) is 0 Å². The lowest BCUT2D eigenvalue weighted by molar-refractivity contribution is 0.0697. The second-order valence-corrected chi connectivity index (χ2v) is 5.32. The Morgan fingerprint density at radius 3 is 2.78 bits per heavy atom. The topological polar surface area (TPSA) is 53.4 Å². The zero-order valence-corrected chi connectivity index (χ0v) is 10.6. The quantitative estimate of drug-likeness (QED) is 0.888. The van der Waals surface area contributed by atoms with E-state index in [1.807, 2.05) is 18.0 Å². The number of carbonyl (C=O) groups is 1. The fraction of sp³-hybridized carbons (Fsp3) is 0.571. The maximum Gasteiger partial charge on any atom is 0.339 e. The van der Waals surface area contributed by atoms with Crippen LogP contribution in [0.25, 0.3) is 0 Å². The third kappa shape index (κ3) is 1.96. The second kappa shape index (κ2) is 4.26. The van der Waals surface area contributed by atoms with Gasteiger partial charge in [0.05, 0.1) is 0 Å². The summed E-state index contributed by atoms with van der Waals surface area (Å²) in [5, 5.41) is 9.35. The fourth-order valence-corrected chi connectivity index (χ4v) is 2.68. The van der Waals surface area contributed by atoms with Crippen LogP contribution < -0.4 is 4.90 Å². The standard InChI is InChI=1S/C14H18N2O2/c1-16(10-6-7-10)13-11(14(17)18)8-9-4-2-3-5-12(9)15-13/h8,10H,2-7H2,1H3,(H,17,18). The van der Waals surface area contributed by atoms with Gasteiger partial charge in [-0.3, -0.25) is 0 Å². The summed E-state index contributed by atoms with van der Waals surface area (Å²) in [5.41, 5.74) is 2.60. The van der Waals surface area contributed by atoms with E-state index in [9.17, 15) is 9.90 Å². The molecule has 0 aromatic carbocycles. The van der Waals surface area contributed by atoms with Gasteiger partial charge in [-0.1, -0.05) is 0 Å². The van der Waals surface area contributed by atoms with E-state index in [1.165, 1.54) is 6.42 Å². The maximum atomic E-state index is 11.4. The minimum Gasteiger partial charge on any atom is -0.478 e. The monoisotopic (exact) mass is 246 g/mol. The summed E-state index contributed by atoms with van der Waals surface area (Å²) in [6.07, 6.45) is 6.56. The van der Waals surface area contributed by atoms with E-state index >= 15 is 0 Å². The van der Waals surface area contributed by atoms with E-state index in [0.717, 1.165) is 43.4 Å². The molecule has 2 aliphatic rings. The van der Waals surface area contributed by atoms with Crippen molar-refractivity contribution >= 4 is 11.8 Å². The van der Waals surface area contributed by atoms with Crippen molar-refractivity contribution in [3.63, 3.8) is 0 Å². The van der Waals surface area contributed by atoms with Crippen LogP contribution in [0.15, 0.2) is 6.07 Å². The number of aryl methyl sites for hydroxylation is 2. The smallest absolute Gasteiger partial charge is 0.339 e. The second-order valence-electron chi connectivity index (χ2n) is 5.32. The molecule has 0 aliphatic heterocycles. The highest BCUT2D eigenvalue weighted by Crippen LogP contribution is 2.33. The summed E-state index contributed by atoms with van der Waals surface area (Å²) >= 11 is 0. The average molecular weight is 246 g/mol. The predicted octanol–water partition coefficient (Wildman–Crippen LogP) is 2.26. The van der Waals surface area contributed by atoms with E-state index in [0.29, 0.717) is 17.4 Å². The van der Waals surface area contributed by atoms with Gasteiger partial charge in [-0.2, -0.15) is 0 Å². The first-order valence-electron chi connectivity index (χ1n) is 6.65. The molecule has 1 aromatic heterocycles. The molecule has 18 heavy (non-hydrogen) atoms. The Morgan fingerprint density at radius 1 is 1.39 bits per heavy atom. The molecule has 1 N–H and O–H groups in total. The van der Waals surface area contributed by atoms with Gasteiger partial charge in [0, 0.05) is 18.8 Å². The highest BCUT2D eigenvalue weighted by Gasteiger charge is 2.30. The van der Waals surface area contributed by atoms with Crippen LogP contribution in [0.5, 0.6) is 0 Å². The van der Waals surface area contributed by atoms with Crippen LogP contribution >= 0.6 is 0 Å². The minimum atomic E-state index is -0.863. The Morgan fingerprint density at radius 2 is 2.11 bits per heavy atom. The predicted molar refractivity (Wildman–Crippen MR) is 69.3 cm³/mol. The average Bonchev–Trinajstić information content (AvgIpc) is 3.20. The highest BCUT2D eigenvalue weighted by molar-refractivity contribution is 5.93. The number of pyridine rings is 1. The van der Waals surface area contributed by atoms with Crippen molar-refractivity contribution in [2.24, 2.45) is 0 Å². The van der Waals surface area contributed by atoms with Crippen LogP contribution in [0, 0.1) is 0 Å². The molecule has 4 nitrogen and oxygen atoms in total. The lowest BCUT2D eigenvalue weighted by Crippen LogP contribution is -2.25. The third-order valence-corrected chi connectivity index (χ3v) is 3.94. The fourth-order valence-electron chi connectivity index (χ4n) is 2.68. The molecular weight excluding hydrogens is 228 g/mol. The van der Waals surface area contributed by atoms with Crippen LogP contribution in [0.3, 0.4) is 0 Å². The molecule has 0 unspecified atom stereocenters. The summed E-state index contributed by atoms with van der Waals surface area (Å²) in [7, 11) is 1.96. The Kier molecular flexibility index (Phi) is 2.73. The van der Waals surface area contributed by atoms with Gasteiger partial charge >= 0.3 is 5.97 Å². The molecule has 96 valence electrons. The molecule has 1 heterocycles. The summed E-state index contributed by atoms with van der Waals surface area (Å²) in [6.45, 7) is 0. The maximum absolute atomic E-state index is 11.4.